The predicted molar refractivity (Wildman–Crippen MR) is 77.6 cm³/mol. The Morgan fingerprint density at radius 1 is 1.28 bits per heavy atom. The Kier molecular flexibility index (Phi) is 4.78. The van der Waals surface area contributed by atoms with Crippen molar-refractivity contribution in [2.45, 2.75) is 38.1 Å². The second kappa shape index (κ2) is 6.34. The number of benzene rings is 1. The van der Waals surface area contributed by atoms with Crippen molar-refractivity contribution >= 4 is 34.6 Å². The number of anilines is 1. The largest absolute Gasteiger partial charge is 0.360 e. The van der Waals surface area contributed by atoms with Gasteiger partial charge in [0.25, 0.3) is 0 Å². The van der Waals surface area contributed by atoms with Crippen molar-refractivity contribution in [3.63, 3.8) is 0 Å². The highest BCUT2D eigenvalue weighted by Crippen LogP contribution is 2.24. The minimum atomic E-state index is -0.393. The Bertz CT molecular complexity index is 413. The maximum absolute atomic E-state index is 13.6. The van der Waals surface area contributed by atoms with Crippen molar-refractivity contribution in [3.05, 3.63) is 29.0 Å². The van der Waals surface area contributed by atoms with Crippen molar-refractivity contribution < 1.29 is 4.39 Å². The van der Waals surface area contributed by atoms with Crippen LogP contribution in [0.2, 0.25) is 5.02 Å². The van der Waals surface area contributed by atoms with Crippen molar-refractivity contribution in [1.82, 2.24) is 5.32 Å². The van der Waals surface area contributed by atoms with E-state index in [9.17, 15) is 4.39 Å². The SMILES string of the molecule is Fc1cccc(Cl)c1NC(=S)NC1CCCCC1. The lowest BCUT2D eigenvalue weighted by Gasteiger charge is -2.24. The quantitative estimate of drug-likeness (QED) is 0.801. The lowest BCUT2D eigenvalue weighted by atomic mass is 9.96. The molecule has 0 radical (unpaired) electrons. The van der Waals surface area contributed by atoms with Crippen molar-refractivity contribution in [1.29, 1.82) is 0 Å². The van der Waals surface area contributed by atoms with Crippen LogP contribution >= 0.6 is 23.8 Å². The Labute approximate surface area is 117 Å². The number of rotatable bonds is 2. The predicted octanol–water partition coefficient (Wildman–Crippen LogP) is 4.10. The molecular weight excluding hydrogens is 271 g/mol. The van der Waals surface area contributed by atoms with Gasteiger partial charge in [0.1, 0.15) is 5.82 Å². The van der Waals surface area contributed by atoms with Gasteiger partial charge in [0.05, 0.1) is 10.7 Å². The van der Waals surface area contributed by atoms with E-state index in [0.717, 1.165) is 12.8 Å². The van der Waals surface area contributed by atoms with E-state index in [0.29, 0.717) is 16.2 Å². The smallest absolute Gasteiger partial charge is 0.171 e. The number of para-hydroxylation sites is 1. The summed E-state index contributed by atoms with van der Waals surface area (Å²) < 4.78 is 13.6. The second-order valence-corrected chi connectivity index (χ2v) is 5.35. The first-order valence-corrected chi connectivity index (χ1v) is 6.97. The van der Waals surface area contributed by atoms with E-state index in [1.54, 1.807) is 12.1 Å². The third kappa shape index (κ3) is 3.56. The molecule has 1 aliphatic carbocycles. The fourth-order valence-corrected chi connectivity index (χ4v) is 2.68. The summed E-state index contributed by atoms with van der Waals surface area (Å²) in [6, 6.07) is 4.96. The molecule has 0 amide bonds. The Morgan fingerprint density at radius 3 is 2.67 bits per heavy atom. The van der Waals surface area contributed by atoms with Crippen LogP contribution in [0.5, 0.6) is 0 Å². The van der Waals surface area contributed by atoms with Crippen LogP contribution in [0.15, 0.2) is 18.2 Å². The van der Waals surface area contributed by atoms with Gasteiger partial charge < -0.3 is 10.6 Å². The maximum Gasteiger partial charge on any atom is 0.171 e. The Balaban J connectivity index is 1.94. The van der Waals surface area contributed by atoms with Gasteiger partial charge in [-0.05, 0) is 37.2 Å². The Morgan fingerprint density at radius 2 is 2.00 bits per heavy atom. The standard InChI is InChI=1S/C13H16ClFN2S/c14-10-7-4-8-11(15)12(10)17-13(18)16-9-5-2-1-3-6-9/h4,7-9H,1-3,5-6H2,(H2,16,17,18). The van der Waals surface area contributed by atoms with Gasteiger partial charge in [0.2, 0.25) is 0 Å². The summed E-state index contributed by atoms with van der Waals surface area (Å²) in [6.45, 7) is 0. The first-order chi connectivity index (χ1) is 8.66. The molecule has 2 nitrogen and oxygen atoms in total. The third-order valence-electron chi connectivity index (χ3n) is 3.14. The van der Waals surface area contributed by atoms with Gasteiger partial charge in [0.15, 0.2) is 5.11 Å². The molecule has 0 heterocycles. The number of halogens is 2. The summed E-state index contributed by atoms with van der Waals surface area (Å²) in [5.41, 5.74) is 0.243. The Hall–Kier alpha value is -0.870. The first kappa shape index (κ1) is 13.6. The minimum Gasteiger partial charge on any atom is -0.360 e. The van der Waals surface area contributed by atoms with Gasteiger partial charge in [-0.25, -0.2) is 4.39 Å². The van der Waals surface area contributed by atoms with Crippen LogP contribution in [-0.4, -0.2) is 11.2 Å². The molecular formula is C13H16ClFN2S. The average molecular weight is 287 g/mol. The highest BCUT2D eigenvalue weighted by Gasteiger charge is 2.15. The molecule has 0 aliphatic heterocycles. The van der Waals surface area contributed by atoms with E-state index in [4.69, 9.17) is 23.8 Å². The first-order valence-electron chi connectivity index (χ1n) is 6.18. The molecule has 18 heavy (non-hydrogen) atoms. The second-order valence-electron chi connectivity index (χ2n) is 4.53. The molecule has 1 fully saturated rings. The zero-order chi connectivity index (χ0) is 13.0. The summed E-state index contributed by atoms with van der Waals surface area (Å²) in [6.07, 6.45) is 5.97. The zero-order valence-electron chi connectivity index (χ0n) is 10.0. The van der Waals surface area contributed by atoms with Gasteiger partial charge in [-0.1, -0.05) is 36.9 Å². The molecule has 0 unspecified atom stereocenters. The van der Waals surface area contributed by atoms with E-state index in [1.807, 2.05) is 0 Å². The summed E-state index contributed by atoms with van der Waals surface area (Å²) in [7, 11) is 0. The number of hydrogen-bond donors (Lipinski definition) is 2. The monoisotopic (exact) mass is 286 g/mol. The molecule has 2 N–H and O–H groups in total. The highest BCUT2D eigenvalue weighted by atomic mass is 35.5. The van der Waals surface area contributed by atoms with E-state index in [1.165, 1.54) is 25.3 Å². The van der Waals surface area contributed by atoms with Crippen LogP contribution < -0.4 is 10.6 Å². The van der Waals surface area contributed by atoms with Crippen molar-refractivity contribution in [2.75, 3.05) is 5.32 Å². The molecule has 0 aromatic heterocycles. The molecule has 1 aliphatic rings. The average Bonchev–Trinajstić information content (AvgIpc) is 2.35. The third-order valence-corrected chi connectivity index (χ3v) is 3.68. The van der Waals surface area contributed by atoms with Crippen LogP contribution in [0.3, 0.4) is 0 Å². The fourth-order valence-electron chi connectivity index (χ4n) is 2.20. The molecule has 0 spiro atoms. The van der Waals surface area contributed by atoms with Gasteiger partial charge >= 0.3 is 0 Å². The maximum atomic E-state index is 13.6. The van der Waals surface area contributed by atoms with Gasteiger partial charge in [0, 0.05) is 6.04 Å². The van der Waals surface area contributed by atoms with E-state index >= 15 is 0 Å². The molecule has 0 bridgehead atoms. The normalized spacial score (nSPS) is 16.3. The topological polar surface area (TPSA) is 24.1 Å². The molecule has 1 aromatic carbocycles. The van der Waals surface area contributed by atoms with Gasteiger partial charge in [-0.2, -0.15) is 0 Å². The summed E-state index contributed by atoms with van der Waals surface area (Å²) in [4.78, 5) is 0. The molecule has 0 atom stereocenters. The molecule has 98 valence electrons. The number of nitrogens with one attached hydrogen (secondary N) is 2. The summed E-state index contributed by atoms with van der Waals surface area (Å²) >= 11 is 11.1. The van der Waals surface area contributed by atoms with Crippen LogP contribution in [-0.2, 0) is 0 Å². The lowest BCUT2D eigenvalue weighted by Crippen LogP contribution is -2.39. The van der Waals surface area contributed by atoms with E-state index in [2.05, 4.69) is 10.6 Å². The van der Waals surface area contributed by atoms with Crippen molar-refractivity contribution in [2.24, 2.45) is 0 Å². The molecule has 0 saturated heterocycles. The van der Waals surface area contributed by atoms with Crippen LogP contribution in [0.4, 0.5) is 10.1 Å². The number of hydrogen-bond acceptors (Lipinski definition) is 1. The van der Waals surface area contributed by atoms with Crippen molar-refractivity contribution in [3.8, 4) is 0 Å². The molecule has 2 rings (SSSR count). The van der Waals surface area contributed by atoms with E-state index in [-0.39, 0.29) is 5.69 Å². The van der Waals surface area contributed by atoms with Crippen LogP contribution in [0.1, 0.15) is 32.1 Å². The lowest BCUT2D eigenvalue weighted by molar-refractivity contribution is 0.414. The molecule has 1 saturated carbocycles. The minimum absolute atomic E-state index is 0.243. The number of thiocarbonyl (C=S) groups is 1. The zero-order valence-corrected chi connectivity index (χ0v) is 11.6. The summed E-state index contributed by atoms with van der Waals surface area (Å²) in [5, 5.41) is 6.83. The molecule has 1 aromatic rings. The van der Waals surface area contributed by atoms with Crippen LogP contribution in [0, 0.1) is 5.82 Å². The fraction of sp³-hybridized carbons (Fsp3) is 0.462. The van der Waals surface area contributed by atoms with Gasteiger partial charge in [-0.15, -0.1) is 0 Å². The van der Waals surface area contributed by atoms with Gasteiger partial charge in [-0.3, -0.25) is 0 Å². The van der Waals surface area contributed by atoms with E-state index < -0.39 is 5.82 Å². The summed E-state index contributed by atoms with van der Waals surface area (Å²) in [5.74, 6) is -0.393. The molecule has 5 heteroatoms. The van der Waals surface area contributed by atoms with Crippen LogP contribution in [0.25, 0.3) is 0 Å². The highest BCUT2D eigenvalue weighted by molar-refractivity contribution is 7.80.